The van der Waals surface area contributed by atoms with E-state index in [2.05, 4.69) is 5.32 Å². The van der Waals surface area contributed by atoms with Gasteiger partial charge >= 0.3 is 6.18 Å². The molecule has 188 valence electrons. The Balaban J connectivity index is 1.76. The van der Waals surface area contributed by atoms with Crippen molar-refractivity contribution in [3.05, 3.63) is 88.2 Å². The van der Waals surface area contributed by atoms with Gasteiger partial charge in [-0.2, -0.15) is 13.2 Å². The number of alkyl halides is 3. The first-order valence-corrected chi connectivity index (χ1v) is 10.4. The van der Waals surface area contributed by atoms with Crippen LogP contribution in [0.1, 0.15) is 50.6 Å². The molecule has 4 rings (SSSR count). The Labute approximate surface area is 199 Å². The van der Waals surface area contributed by atoms with Gasteiger partial charge in [-0.25, -0.2) is 18.7 Å². The number of ether oxygens (including phenoxy) is 1. The van der Waals surface area contributed by atoms with Crippen LogP contribution >= 0.6 is 0 Å². The van der Waals surface area contributed by atoms with Crippen LogP contribution in [0.3, 0.4) is 0 Å². The molecule has 3 aromatic rings. The van der Waals surface area contributed by atoms with Gasteiger partial charge in [-0.1, -0.05) is 0 Å². The molecule has 1 fully saturated rings. The number of amides is 2. The predicted molar refractivity (Wildman–Crippen MR) is 113 cm³/mol. The number of rotatable bonds is 6. The first-order chi connectivity index (χ1) is 17.0. The molecule has 36 heavy (non-hydrogen) atoms. The fraction of sp³-hybridized carbons (Fsp3) is 0.167. The van der Waals surface area contributed by atoms with E-state index in [0.29, 0.717) is 11.6 Å². The van der Waals surface area contributed by atoms with E-state index >= 15 is 4.39 Å². The van der Waals surface area contributed by atoms with Crippen molar-refractivity contribution in [2.75, 3.05) is 5.32 Å². The van der Waals surface area contributed by atoms with E-state index in [9.17, 15) is 31.5 Å². The van der Waals surface area contributed by atoms with Crippen LogP contribution in [0.4, 0.5) is 32.0 Å². The summed E-state index contributed by atoms with van der Waals surface area (Å²) in [5, 5.41) is 10.8. The monoisotopic (exact) mass is 510 g/mol. The van der Waals surface area contributed by atoms with Crippen molar-refractivity contribution in [1.82, 2.24) is 5.48 Å². The van der Waals surface area contributed by atoms with Crippen LogP contribution in [-0.2, 0) is 6.18 Å². The van der Waals surface area contributed by atoms with Crippen molar-refractivity contribution in [2.24, 2.45) is 0 Å². The second-order valence-corrected chi connectivity index (χ2v) is 7.95. The average molecular weight is 510 g/mol. The number of carbonyl (C=O) groups is 2. The molecule has 0 bridgehead atoms. The van der Waals surface area contributed by atoms with Crippen LogP contribution in [0.2, 0.25) is 0 Å². The maximum absolute atomic E-state index is 15.1. The van der Waals surface area contributed by atoms with Crippen molar-refractivity contribution in [2.45, 2.75) is 24.9 Å². The van der Waals surface area contributed by atoms with Gasteiger partial charge in [0.15, 0.2) is 5.82 Å². The Morgan fingerprint density at radius 2 is 1.61 bits per heavy atom. The molecule has 0 aliphatic heterocycles. The molecule has 0 heterocycles. The van der Waals surface area contributed by atoms with Gasteiger partial charge in [0.25, 0.3) is 11.8 Å². The van der Waals surface area contributed by atoms with Gasteiger partial charge in [-0.15, -0.1) is 0 Å². The molecule has 0 unspecified atom stereocenters. The summed E-state index contributed by atoms with van der Waals surface area (Å²) in [6, 6.07) is 7.14. The van der Waals surface area contributed by atoms with Gasteiger partial charge in [0.2, 0.25) is 0 Å². The predicted octanol–water partition coefficient (Wildman–Crippen LogP) is 6.16. The van der Waals surface area contributed by atoms with Crippen molar-refractivity contribution in [1.29, 1.82) is 0 Å². The minimum Gasteiger partial charge on any atom is -0.456 e. The van der Waals surface area contributed by atoms with Crippen LogP contribution in [0.15, 0.2) is 48.5 Å². The SMILES string of the molecule is O=C(NO)c1cc(NC(=O)c2c(Oc3ccc(F)cc3C3CC3)ccc(C(F)(F)F)c2F)ccc1F. The van der Waals surface area contributed by atoms with E-state index in [-0.39, 0.29) is 17.4 Å². The maximum Gasteiger partial charge on any atom is 0.419 e. The maximum atomic E-state index is 15.1. The number of halogens is 6. The standard InChI is InChI=1S/C24H16F6N2O4/c25-12-3-7-18(14(9-12)11-1-2-11)36-19-8-5-16(24(28,29)30)21(27)20(19)23(34)31-13-4-6-17(26)15(10-13)22(33)32-35/h3-11,35H,1-2H2,(H,31,34)(H,32,33). The molecule has 0 radical (unpaired) electrons. The average Bonchev–Trinajstić information content (AvgIpc) is 3.65. The lowest BCUT2D eigenvalue weighted by atomic mass is 10.1. The fourth-order valence-corrected chi connectivity index (χ4v) is 3.55. The molecule has 1 saturated carbocycles. The quantitative estimate of drug-likeness (QED) is 0.211. The smallest absolute Gasteiger partial charge is 0.419 e. The molecule has 2 amide bonds. The highest BCUT2D eigenvalue weighted by Crippen LogP contribution is 2.46. The molecule has 1 aliphatic carbocycles. The highest BCUT2D eigenvalue weighted by atomic mass is 19.4. The Morgan fingerprint density at radius 3 is 2.25 bits per heavy atom. The summed E-state index contributed by atoms with van der Waals surface area (Å²) in [5.41, 5.74) is -2.22. The Morgan fingerprint density at radius 1 is 0.917 bits per heavy atom. The van der Waals surface area contributed by atoms with Crippen molar-refractivity contribution >= 4 is 17.5 Å². The van der Waals surface area contributed by atoms with Gasteiger partial charge in [-0.05, 0) is 67.3 Å². The zero-order valence-corrected chi connectivity index (χ0v) is 18.1. The number of hydrogen-bond acceptors (Lipinski definition) is 4. The molecule has 3 N–H and O–H groups in total. The zero-order chi connectivity index (χ0) is 26.2. The van der Waals surface area contributed by atoms with Gasteiger partial charge in [0.1, 0.15) is 28.7 Å². The summed E-state index contributed by atoms with van der Waals surface area (Å²) >= 11 is 0. The molecule has 3 aromatic carbocycles. The lowest BCUT2D eigenvalue weighted by Gasteiger charge is -2.17. The first kappa shape index (κ1) is 25.0. The zero-order valence-electron chi connectivity index (χ0n) is 18.1. The van der Waals surface area contributed by atoms with Crippen LogP contribution in [0.25, 0.3) is 0 Å². The largest absolute Gasteiger partial charge is 0.456 e. The van der Waals surface area contributed by atoms with Gasteiger partial charge in [0.05, 0.1) is 11.1 Å². The molecular weight excluding hydrogens is 494 g/mol. The molecule has 6 nitrogen and oxygen atoms in total. The number of hydrogen-bond donors (Lipinski definition) is 3. The normalized spacial score (nSPS) is 13.3. The molecule has 1 aliphatic rings. The third-order valence-corrected chi connectivity index (χ3v) is 5.42. The van der Waals surface area contributed by atoms with Crippen molar-refractivity contribution < 1.29 is 45.9 Å². The number of nitrogens with one attached hydrogen (secondary N) is 2. The van der Waals surface area contributed by atoms with Crippen LogP contribution in [0, 0.1) is 17.5 Å². The number of carbonyl (C=O) groups excluding carboxylic acids is 2. The van der Waals surface area contributed by atoms with E-state index in [1.165, 1.54) is 17.6 Å². The summed E-state index contributed by atoms with van der Waals surface area (Å²) in [5.74, 6) is -6.83. The second-order valence-electron chi connectivity index (χ2n) is 7.95. The topological polar surface area (TPSA) is 87.7 Å². The van der Waals surface area contributed by atoms with Crippen LogP contribution in [0.5, 0.6) is 11.5 Å². The molecule has 0 saturated heterocycles. The van der Waals surface area contributed by atoms with Crippen molar-refractivity contribution in [3.63, 3.8) is 0 Å². The minimum absolute atomic E-state index is 0.0378. The van der Waals surface area contributed by atoms with E-state index in [1.54, 1.807) is 0 Å². The number of hydroxylamine groups is 1. The van der Waals surface area contributed by atoms with Crippen molar-refractivity contribution in [3.8, 4) is 11.5 Å². The first-order valence-electron chi connectivity index (χ1n) is 10.4. The van der Waals surface area contributed by atoms with E-state index in [1.807, 2.05) is 0 Å². The molecular formula is C24H16F6N2O4. The summed E-state index contributed by atoms with van der Waals surface area (Å²) in [6.07, 6.45) is -3.69. The van der Waals surface area contributed by atoms with Gasteiger partial charge in [-0.3, -0.25) is 14.8 Å². The lowest BCUT2D eigenvalue weighted by molar-refractivity contribution is -0.140. The summed E-state index contributed by atoms with van der Waals surface area (Å²) in [7, 11) is 0. The minimum atomic E-state index is -5.14. The van der Waals surface area contributed by atoms with Crippen LogP contribution in [-0.4, -0.2) is 17.0 Å². The Hall–Kier alpha value is -4.06. The Kier molecular flexibility index (Phi) is 6.63. The van der Waals surface area contributed by atoms with E-state index in [4.69, 9.17) is 9.94 Å². The molecule has 0 aromatic heterocycles. The lowest BCUT2D eigenvalue weighted by Crippen LogP contribution is -2.21. The van der Waals surface area contributed by atoms with Gasteiger partial charge < -0.3 is 10.1 Å². The summed E-state index contributed by atoms with van der Waals surface area (Å²) in [6.45, 7) is 0. The van der Waals surface area contributed by atoms with Crippen LogP contribution < -0.4 is 15.5 Å². The van der Waals surface area contributed by atoms with E-state index < -0.39 is 57.9 Å². The highest BCUT2D eigenvalue weighted by molar-refractivity contribution is 6.07. The third kappa shape index (κ3) is 5.13. The molecule has 0 spiro atoms. The molecule has 0 atom stereocenters. The second kappa shape index (κ2) is 9.53. The highest BCUT2D eigenvalue weighted by Gasteiger charge is 2.38. The third-order valence-electron chi connectivity index (χ3n) is 5.42. The summed E-state index contributed by atoms with van der Waals surface area (Å²) in [4.78, 5) is 24.5. The summed E-state index contributed by atoms with van der Waals surface area (Å²) < 4.78 is 88.3. The number of anilines is 1. The Bertz CT molecular complexity index is 1360. The number of benzene rings is 3. The van der Waals surface area contributed by atoms with Gasteiger partial charge in [0, 0.05) is 11.3 Å². The molecule has 12 heteroatoms. The fourth-order valence-electron chi connectivity index (χ4n) is 3.55. The van der Waals surface area contributed by atoms with E-state index in [0.717, 1.165) is 43.2 Å².